The molecule has 1 aromatic carbocycles. The van der Waals surface area contributed by atoms with Gasteiger partial charge in [-0.05, 0) is 47.9 Å². The molecule has 2 N–H and O–H groups in total. The Kier molecular flexibility index (Phi) is 4.03. The Bertz CT molecular complexity index is 907. The molecule has 4 amide bonds. The number of fused-ring (bicyclic) bond motifs is 2. The zero-order valence-corrected chi connectivity index (χ0v) is 15.2. The molecular weight excluding hydrogens is 350 g/mol. The maximum absolute atomic E-state index is 13.0. The SMILES string of the molecule is Cc1ccsc1CNC(=O)CN1C(=O)NC2(CCc3ccccc32)C1=O. The summed E-state index contributed by atoms with van der Waals surface area (Å²) in [5.74, 6) is -0.681. The summed E-state index contributed by atoms with van der Waals surface area (Å²) in [4.78, 5) is 39.7. The number of nitrogens with one attached hydrogen (secondary N) is 2. The molecule has 4 rings (SSSR count). The summed E-state index contributed by atoms with van der Waals surface area (Å²) in [5, 5.41) is 7.59. The fraction of sp³-hybridized carbons (Fsp3) is 0.316. The average molecular weight is 369 g/mol. The number of imide groups is 1. The van der Waals surface area contributed by atoms with Gasteiger partial charge in [0, 0.05) is 4.88 Å². The normalized spacial score (nSPS) is 21.2. The van der Waals surface area contributed by atoms with Crippen molar-refractivity contribution in [2.24, 2.45) is 0 Å². The van der Waals surface area contributed by atoms with E-state index >= 15 is 0 Å². The van der Waals surface area contributed by atoms with Gasteiger partial charge in [-0.25, -0.2) is 4.79 Å². The minimum Gasteiger partial charge on any atom is -0.350 e. The second-order valence-electron chi connectivity index (χ2n) is 6.69. The number of carbonyl (C=O) groups is 3. The van der Waals surface area contributed by atoms with Crippen LogP contribution < -0.4 is 10.6 Å². The van der Waals surface area contributed by atoms with E-state index in [4.69, 9.17) is 0 Å². The Morgan fingerprint density at radius 2 is 2.12 bits per heavy atom. The number of rotatable bonds is 4. The third kappa shape index (κ3) is 2.59. The van der Waals surface area contributed by atoms with Gasteiger partial charge >= 0.3 is 6.03 Å². The first-order valence-electron chi connectivity index (χ1n) is 8.53. The fourth-order valence-electron chi connectivity index (χ4n) is 3.70. The molecule has 1 aliphatic heterocycles. The summed E-state index contributed by atoms with van der Waals surface area (Å²) in [7, 11) is 0. The van der Waals surface area contributed by atoms with Crippen molar-refractivity contribution in [3.8, 4) is 0 Å². The van der Waals surface area contributed by atoms with E-state index in [1.54, 1.807) is 11.3 Å². The molecule has 2 aromatic rings. The molecule has 134 valence electrons. The predicted molar refractivity (Wildman–Crippen MR) is 97.6 cm³/mol. The van der Waals surface area contributed by atoms with E-state index in [1.807, 2.05) is 42.6 Å². The molecule has 1 aromatic heterocycles. The van der Waals surface area contributed by atoms with Gasteiger partial charge in [-0.2, -0.15) is 0 Å². The van der Waals surface area contributed by atoms with Gasteiger partial charge in [0.2, 0.25) is 5.91 Å². The molecule has 1 spiro atoms. The quantitative estimate of drug-likeness (QED) is 0.810. The molecule has 2 heterocycles. The van der Waals surface area contributed by atoms with Crippen molar-refractivity contribution in [3.63, 3.8) is 0 Å². The Balaban J connectivity index is 1.47. The topological polar surface area (TPSA) is 78.5 Å². The van der Waals surface area contributed by atoms with Crippen LogP contribution in [0.3, 0.4) is 0 Å². The summed E-state index contributed by atoms with van der Waals surface area (Å²) in [6.45, 7) is 2.12. The van der Waals surface area contributed by atoms with E-state index in [9.17, 15) is 14.4 Å². The zero-order chi connectivity index (χ0) is 18.3. The second-order valence-corrected chi connectivity index (χ2v) is 7.69. The third-order valence-corrected chi connectivity index (χ3v) is 6.16. The van der Waals surface area contributed by atoms with Crippen LogP contribution in [-0.4, -0.2) is 29.3 Å². The van der Waals surface area contributed by atoms with Crippen molar-refractivity contribution < 1.29 is 14.4 Å². The third-order valence-electron chi connectivity index (χ3n) is 5.14. The summed E-state index contributed by atoms with van der Waals surface area (Å²) in [6, 6.07) is 9.13. The van der Waals surface area contributed by atoms with Crippen LogP contribution in [0.1, 0.15) is 28.0 Å². The van der Waals surface area contributed by atoms with Gasteiger partial charge in [-0.15, -0.1) is 11.3 Å². The van der Waals surface area contributed by atoms with Crippen LogP contribution in [0.4, 0.5) is 4.79 Å². The molecule has 0 radical (unpaired) electrons. The van der Waals surface area contributed by atoms with Crippen molar-refractivity contribution in [1.29, 1.82) is 0 Å². The molecule has 7 heteroatoms. The van der Waals surface area contributed by atoms with E-state index in [2.05, 4.69) is 10.6 Å². The average Bonchev–Trinajstić information content (AvgIpc) is 3.28. The maximum Gasteiger partial charge on any atom is 0.325 e. The first-order valence-corrected chi connectivity index (χ1v) is 9.41. The Hall–Kier alpha value is -2.67. The molecule has 1 atom stereocenters. The monoisotopic (exact) mass is 369 g/mol. The van der Waals surface area contributed by atoms with Crippen molar-refractivity contribution in [2.45, 2.75) is 31.8 Å². The lowest BCUT2D eigenvalue weighted by atomic mass is 9.92. The summed E-state index contributed by atoms with van der Waals surface area (Å²) < 4.78 is 0. The van der Waals surface area contributed by atoms with Gasteiger partial charge in [-0.1, -0.05) is 24.3 Å². The highest BCUT2D eigenvalue weighted by atomic mass is 32.1. The number of urea groups is 1. The highest BCUT2D eigenvalue weighted by Gasteiger charge is 2.55. The number of nitrogens with zero attached hydrogens (tertiary/aromatic N) is 1. The van der Waals surface area contributed by atoms with E-state index in [1.165, 1.54) is 0 Å². The summed E-state index contributed by atoms with van der Waals surface area (Å²) >= 11 is 1.57. The number of aryl methyl sites for hydroxylation is 2. The molecule has 0 bridgehead atoms. The second kappa shape index (κ2) is 6.25. The van der Waals surface area contributed by atoms with Crippen LogP contribution in [0.5, 0.6) is 0 Å². The Morgan fingerprint density at radius 3 is 2.88 bits per heavy atom. The van der Waals surface area contributed by atoms with Crippen LogP contribution in [0.15, 0.2) is 35.7 Å². The summed E-state index contributed by atoms with van der Waals surface area (Å²) in [6.07, 6.45) is 1.27. The molecule has 1 unspecified atom stereocenters. The van der Waals surface area contributed by atoms with Gasteiger partial charge in [0.25, 0.3) is 5.91 Å². The van der Waals surface area contributed by atoms with Gasteiger partial charge < -0.3 is 10.6 Å². The van der Waals surface area contributed by atoms with Crippen LogP contribution in [-0.2, 0) is 28.1 Å². The van der Waals surface area contributed by atoms with Gasteiger partial charge in [0.05, 0.1) is 6.54 Å². The largest absolute Gasteiger partial charge is 0.350 e. The van der Waals surface area contributed by atoms with Crippen molar-refractivity contribution in [1.82, 2.24) is 15.5 Å². The van der Waals surface area contributed by atoms with Crippen LogP contribution in [0.25, 0.3) is 0 Å². The zero-order valence-electron chi connectivity index (χ0n) is 14.4. The van der Waals surface area contributed by atoms with Crippen LogP contribution >= 0.6 is 11.3 Å². The maximum atomic E-state index is 13.0. The van der Waals surface area contributed by atoms with Crippen molar-refractivity contribution in [3.05, 3.63) is 57.3 Å². The van der Waals surface area contributed by atoms with E-state index in [0.717, 1.165) is 32.9 Å². The minimum atomic E-state index is -1.02. The number of carbonyl (C=O) groups excluding carboxylic acids is 3. The lowest BCUT2D eigenvalue weighted by Gasteiger charge is -2.22. The molecule has 1 saturated heterocycles. The number of thiophene rings is 1. The Labute approximate surface area is 155 Å². The van der Waals surface area contributed by atoms with E-state index in [-0.39, 0.29) is 18.4 Å². The lowest BCUT2D eigenvalue weighted by Crippen LogP contribution is -2.43. The van der Waals surface area contributed by atoms with Gasteiger partial charge in [-0.3, -0.25) is 14.5 Å². The molecule has 6 nitrogen and oxygen atoms in total. The standard InChI is InChI=1S/C19H19N3O3S/c1-12-7-9-26-15(12)10-20-16(23)11-22-17(24)19(21-18(22)25)8-6-13-4-2-3-5-14(13)19/h2-5,7,9H,6,8,10-11H2,1H3,(H,20,23)(H,21,25). The number of hydrogen-bond acceptors (Lipinski definition) is 4. The molecule has 1 fully saturated rings. The lowest BCUT2D eigenvalue weighted by molar-refractivity contribution is -0.135. The fourth-order valence-corrected chi connectivity index (χ4v) is 4.54. The Morgan fingerprint density at radius 1 is 1.31 bits per heavy atom. The number of benzene rings is 1. The first-order chi connectivity index (χ1) is 12.5. The van der Waals surface area contributed by atoms with E-state index in [0.29, 0.717) is 13.0 Å². The van der Waals surface area contributed by atoms with Gasteiger partial charge in [0.1, 0.15) is 12.1 Å². The van der Waals surface area contributed by atoms with E-state index < -0.39 is 11.6 Å². The first kappa shape index (κ1) is 16.8. The molecule has 26 heavy (non-hydrogen) atoms. The smallest absolute Gasteiger partial charge is 0.325 e. The molecular formula is C19H19N3O3S. The van der Waals surface area contributed by atoms with Crippen molar-refractivity contribution in [2.75, 3.05) is 6.54 Å². The highest BCUT2D eigenvalue weighted by Crippen LogP contribution is 2.41. The van der Waals surface area contributed by atoms with Crippen molar-refractivity contribution >= 4 is 29.2 Å². The number of hydrogen-bond donors (Lipinski definition) is 2. The minimum absolute atomic E-state index is 0.265. The van der Waals surface area contributed by atoms with Crippen LogP contribution in [0, 0.1) is 6.92 Å². The molecule has 1 aliphatic carbocycles. The molecule has 2 aliphatic rings. The molecule has 0 saturated carbocycles. The van der Waals surface area contributed by atoms with Gasteiger partial charge in [0.15, 0.2) is 0 Å². The number of amides is 4. The highest BCUT2D eigenvalue weighted by molar-refractivity contribution is 7.10. The summed E-state index contributed by atoms with van der Waals surface area (Å²) in [5.41, 5.74) is 2.01. The van der Waals surface area contributed by atoms with Crippen LogP contribution in [0.2, 0.25) is 0 Å². The predicted octanol–water partition coefficient (Wildman–Crippen LogP) is 2.07.